The molecule has 1 aliphatic heterocycles. The molecular formula is C11H12Cl2OS2. The second-order valence-electron chi connectivity index (χ2n) is 3.92. The monoisotopic (exact) mass is 294 g/mol. The van der Waals surface area contributed by atoms with E-state index in [1.807, 2.05) is 11.8 Å². The molecule has 0 amide bonds. The third-order valence-electron chi connectivity index (χ3n) is 2.77. The quantitative estimate of drug-likeness (QED) is 0.747. The van der Waals surface area contributed by atoms with Gasteiger partial charge in [-0.1, -0.05) is 23.2 Å². The summed E-state index contributed by atoms with van der Waals surface area (Å²) in [6.07, 6.45) is 2.91. The Hall–Kier alpha value is 0.300. The standard InChI is InChI=1S/C11H12Cl2OS2/c12-10-6-8(11(13)16-10)9(14)5-7-1-3-15-4-2-7/h6-7H,1-5H2. The predicted molar refractivity (Wildman–Crippen MR) is 73.3 cm³/mol. The molecule has 0 radical (unpaired) electrons. The second-order valence-corrected chi connectivity index (χ2v) is 7.43. The normalized spacial score (nSPS) is 17.6. The van der Waals surface area contributed by atoms with Gasteiger partial charge in [-0.15, -0.1) is 11.3 Å². The Morgan fingerprint density at radius 2 is 2.06 bits per heavy atom. The molecule has 0 aliphatic carbocycles. The molecular weight excluding hydrogens is 283 g/mol. The van der Waals surface area contributed by atoms with Crippen LogP contribution in [0.2, 0.25) is 8.67 Å². The number of rotatable bonds is 3. The molecule has 0 N–H and O–H groups in total. The number of ketones is 1. The summed E-state index contributed by atoms with van der Waals surface area (Å²) < 4.78 is 1.12. The summed E-state index contributed by atoms with van der Waals surface area (Å²) in [6, 6.07) is 1.69. The molecule has 2 heterocycles. The minimum absolute atomic E-state index is 0.144. The molecule has 0 saturated carbocycles. The van der Waals surface area contributed by atoms with Crippen molar-refractivity contribution in [1.82, 2.24) is 0 Å². The van der Waals surface area contributed by atoms with E-state index in [0.29, 0.717) is 26.6 Å². The van der Waals surface area contributed by atoms with Crippen LogP contribution in [0.25, 0.3) is 0 Å². The molecule has 1 fully saturated rings. The van der Waals surface area contributed by atoms with Crippen LogP contribution in [-0.4, -0.2) is 17.3 Å². The van der Waals surface area contributed by atoms with Crippen LogP contribution in [0.5, 0.6) is 0 Å². The van der Waals surface area contributed by atoms with Gasteiger partial charge in [0.1, 0.15) is 4.34 Å². The highest BCUT2D eigenvalue weighted by Crippen LogP contribution is 2.34. The SMILES string of the molecule is O=C(CC1CCSCC1)c1cc(Cl)sc1Cl. The van der Waals surface area contributed by atoms with E-state index in [4.69, 9.17) is 23.2 Å². The fourth-order valence-corrected chi connectivity index (χ4v) is 4.56. The van der Waals surface area contributed by atoms with Crippen molar-refractivity contribution in [2.24, 2.45) is 5.92 Å². The van der Waals surface area contributed by atoms with Crippen LogP contribution in [-0.2, 0) is 0 Å². The molecule has 2 rings (SSSR count). The molecule has 5 heteroatoms. The van der Waals surface area contributed by atoms with Crippen molar-refractivity contribution in [2.45, 2.75) is 19.3 Å². The number of hydrogen-bond acceptors (Lipinski definition) is 3. The maximum Gasteiger partial charge on any atom is 0.165 e. The van der Waals surface area contributed by atoms with E-state index in [-0.39, 0.29) is 5.78 Å². The van der Waals surface area contributed by atoms with Crippen LogP contribution in [0.15, 0.2) is 6.07 Å². The third-order valence-corrected chi connectivity index (χ3v) is 5.31. The van der Waals surface area contributed by atoms with Crippen molar-refractivity contribution in [1.29, 1.82) is 0 Å². The first-order valence-corrected chi connectivity index (χ1v) is 7.95. The van der Waals surface area contributed by atoms with Gasteiger partial charge in [-0.3, -0.25) is 4.79 Å². The minimum atomic E-state index is 0.144. The zero-order valence-electron chi connectivity index (χ0n) is 8.67. The predicted octanol–water partition coefficient (Wildman–Crippen LogP) is 4.77. The minimum Gasteiger partial charge on any atom is -0.294 e. The molecule has 1 aromatic rings. The maximum absolute atomic E-state index is 12.0. The van der Waals surface area contributed by atoms with E-state index >= 15 is 0 Å². The molecule has 1 nitrogen and oxygen atoms in total. The van der Waals surface area contributed by atoms with E-state index in [2.05, 4.69) is 0 Å². The average molecular weight is 295 g/mol. The summed E-state index contributed by atoms with van der Waals surface area (Å²) in [5, 5.41) is 0. The van der Waals surface area contributed by atoms with Gasteiger partial charge in [-0.05, 0) is 36.3 Å². The lowest BCUT2D eigenvalue weighted by Gasteiger charge is -2.20. The Kier molecular flexibility index (Phi) is 4.59. The maximum atomic E-state index is 12.0. The molecule has 0 unspecified atom stereocenters. The highest BCUT2D eigenvalue weighted by Gasteiger charge is 2.20. The number of carbonyl (C=O) groups excluding carboxylic acids is 1. The number of carbonyl (C=O) groups is 1. The molecule has 88 valence electrons. The first-order valence-electron chi connectivity index (χ1n) is 5.22. The topological polar surface area (TPSA) is 17.1 Å². The molecule has 1 aromatic heterocycles. The van der Waals surface area contributed by atoms with Gasteiger partial charge in [0.25, 0.3) is 0 Å². The number of Topliss-reactive ketones (excluding diaryl/α,β-unsaturated/α-hetero) is 1. The smallest absolute Gasteiger partial charge is 0.165 e. The Bertz CT molecular complexity index is 383. The van der Waals surface area contributed by atoms with E-state index < -0.39 is 0 Å². The Morgan fingerprint density at radius 3 is 2.62 bits per heavy atom. The van der Waals surface area contributed by atoms with Gasteiger partial charge in [-0.2, -0.15) is 11.8 Å². The van der Waals surface area contributed by atoms with Crippen LogP contribution in [0.3, 0.4) is 0 Å². The van der Waals surface area contributed by atoms with E-state index in [1.54, 1.807) is 6.07 Å². The zero-order valence-corrected chi connectivity index (χ0v) is 11.8. The number of halogens is 2. The van der Waals surface area contributed by atoms with E-state index in [9.17, 15) is 4.79 Å². The lowest BCUT2D eigenvalue weighted by molar-refractivity contribution is 0.0959. The molecule has 1 aliphatic rings. The van der Waals surface area contributed by atoms with Crippen molar-refractivity contribution in [3.63, 3.8) is 0 Å². The first kappa shape index (κ1) is 12.7. The van der Waals surface area contributed by atoms with Crippen molar-refractivity contribution in [3.05, 3.63) is 20.3 Å². The molecule has 0 atom stereocenters. The summed E-state index contributed by atoms with van der Waals surface area (Å²) in [6.45, 7) is 0. The van der Waals surface area contributed by atoms with E-state index in [0.717, 1.165) is 12.8 Å². The highest BCUT2D eigenvalue weighted by atomic mass is 35.5. The lowest BCUT2D eigenvalue weighted by atomic mass is 9.94. The van der Waals surface area contributed by atoms with Crippen LogP contribution in [0, 0.1) is 5.92 Å². The van der Waals surface area contributed by atoms with Gasteiger partial charge in [0.05, 0.1) is 4.34 Å². The van der Waals surface area contributed by atoms with Crippen molar-refractivity contribution in [3.8, 4) is 0 Å². The summed E-state index contributed by atoms with van der Waals surface area (Å²) in [7, 11) is 0. The van der Waals surface area contributed by atoms with Crippen LogP contribution >= 0.6 is 46.3 Å². The number of hydrogen-bond donors (Lipinski definition) is 0. The Morgan fingerprint density at radius 1 is 1.38 bits per heavy atom. The van der Waals surface area contributed by atoms with Gasteiger partial charge in [-0.25, -0.2) is 0 Å². The highest BCUT2D eigenvalue weighted by molar-refractivity contribution is 7.99. The summed E-state index contributed by atoms with van der Waals surface area (Å²) in [5.41, 5.74) is 0.606. The first-order chi connectivity index (χ1) is 7.66. The van der Waals surface area contributed by atoms with Crippen molar-refractivity contribution in [2.75, 3.05) is 11.5 Å². The van der Waals surface area contributed by atoms with Gasteiger partial charge in [0, 0.05) is 12.0 Å². The van der Waals surface area contributed by atoms with Gasteiger partial charge < -0.3 is 0 Å². The molecule has 0 bridgehead atoms. The van der Waals surface area contributed by atoms with Crippen molar-refractivity contribution >= 4 is 52.1 Å². The van der Waals surface area contributed by atoms with Crippen LogP contribution in [0.4, 0.5) is 0 Å². The fourth-order valence-electron chi connectivity index (χ4n) is 1.85. The second kappa shape index (κ2) is 5.76. The summed E-state index contributed by atoms with van der Waals surface area (Å²) >= 11 is 15.0. The Labute approximate surface area is 114 Å². The zero-order chi connectivity index (χ0) is 11.5. The molecule has 0 aromatic carbocycles. The lowest BCUT2D eigenvalue weighted by Crippen LogP contribution is -2.14. The summed E-state index contributed by atoms with van der Waals surface area (Å²) in [5.74, 6) is 3.03. The van der Waals surface area contributed by atoms with Gasteiger partial charge in [0.2, 0.25) is 0 Å². The third kappa shape index (κ3) is 3.16. The summed E-state index contributed by atoms with van der Waals surface area (Å²) in [4.78, 5) is 12.0. The number of thiophene rings is 1. The van der Waals surface area contributed by atoms with Crippen molar-refractivity contribution < 1.29 is 4.79 Å². The largest absolute Gasteiger partial charge is 0.294 e. The van der Waals surface area contributed by atoms with Crippen LogP contribution < -0.4 is 0 Å². The van der Waals surface area contributed by atoms with Crippen LogP contribution in [0.1, 0.15) is 29.6 Å². The van der Waals surface area contributed by atoms with Gasteiger partial charge >= 0.3 is 0 Å². The molecule has 1 saturated heterocycles. The van der Waals surface area contributed by atoms with Gasteiger partial charge in [0.15, 0.2) is 5.78 Å². The average Bonchev–Trinajstić information content (AvgIpc) is 2.59. The molecule has 0 spiro atoms. The number of thioether (sulfide) groups is 1. The molecule has 16 heavy (non-hydrogen) atoms. The van der Waals surface area contributed by atoms with E-state index in [1.165, 1.54) is 22.8 Å². The Balaban J connectivity index is 1.99. The fraction of sp³-hybridized carbons (Fsp3) is 0.545.